The number of allylic oxidation sites excluding steroid dienone is 1. The van der Waals surface area contributed by atoms with Gasteiger partial charge in [0.25, 0.3) is 5.56 Å². The van der Waals surface area contributed by atoms with Gasteiger partial charge in [-0.25, -0.2) is 4.79 Å². The van der Waals surface area contributed by atoms with Crippen molar-refractivity contribution in [2.45, 2.75) is 19.4 Å². The molecular formula is C28H27ClN4O6. The van der Waals surface area contributed by atoms with E-state index in [0.717, 1.165) is 6.21 Å². The zero-order chi connectivity index (χ0) is 28.7. The topological polar surface area (TPSA) is 151 Å². The molecule has 1 amide bonds. The maximum Gasteiger partial charge on any atom is 0.335 e. The number of pyridine rings is 1. The predicted octanol–water partition coefficient (Wildman–Crippen LogP) is 4.40. The van der Waals surface area contributed by atoms with E-state index >= 15 is 0 Å². The van der Waals surface area contributed by atoms with E-state index in [0.29, 0.717) is 33.0 Å². The molecule has 202 valence electrons. The minimum absolute atomic E-state index is 0.0261. The van der Waals surface area contributed by atoms with Gasteiger partial charge >= 0.3 is 5.97 Å². The first-order valence-corrected chi connectivity index (χ1v) is 12.1. The highest BCUT2D eigenvalue weighted by Gasteiger charge is 2.25. The highest BCUT2D eigenvalue weighted by atomic mass is 35.5. The van der Waals surface area contributed by atoms with Crippen molar-refractivity contribution in [2.24, 2.45) is 0 Å². The van der Waals surface area contributed by atoms with Crippen LogP contribution in [0.3, 0.4) is 0 Å². The molecule has 4 N–H and O–H groups in total. The summed E-state index contributed by atoms with van der Waals surface area (Å²) in [5, 5.41) is 22.7. The van der Waals surface area contributed by atoms with Gasteiger partial charge in [-0.1, -0.05) is 11.6 Å². The fraction of sp³-hybridized carbons (Fsp3) is 0.179. The van der Waals surface area contributed by atoms with Gasteiger partial charge in [0.2, 0.25) is 5.91 Å². The van der Waals surface area contributed by atoms with E-state index in [1.165, 1.54) is 61.3 Å². The van der Waals surface area contributed by atoms with E-state index in [2.05, 4.69) is 10.6 Å². The first kappa shape index (κ1) is 28.9. The van der Waals surface area contributed by atoms with Crippen LogP contribution >= 0.6 is 11.6 Å². The van der Waals surface area contributed by atoms with Crippen molar-refractivity contribution in [1.82, 2.24) is 9.88 Å². The number of aromatic carboxylic acids is 1. The van der Waals surface area contributed by atoms with Crippen LogP contribution < -0.4 is 20.9 Å². The Hall–Kier alpha value is -4.70. The molecule has 0 unspecified atom stereocenters. The number of amides is 1. The van der Waals surface area contributed by atoms with E-state index in [4.69, 9.17) is 26.9 Å². The number of nitrogens with zero attached hydrogens (tertiary/aromatic N) is 1. The second kappa shape index (κ2) is 12.7. The van der Waals surface area contributed by atoms with E-state index in [9.17, 15) is 19.2 Å². The third-order valence-electron chi connectivity index (χ3n) is 5.90. The molecule has 0 fully saturated rings. The summed E-state index contributed by atoms with van der Waals surface area (Å²) in [6.45, 7) is 1.40. The van der Waals surface area contributed by atoms with E-state index in [1.807, 2.05) is 0 Å². The van der Waals surface area contributed by atoms with Crippen LogP contribution in [0.2, 0.25) is 5.02 Å². The molecule has 0 saturated carbocycles. The zero-order valence-electron chi connectivity index (χ0n) is 21.4. The lowest BCUT2D eigenvalue weighted by Gasteiger charge is -2.22. The van der Waals surface area contributed by atoms with Crippen molar-refractivity contribution in [3.63, 3.8) is 0 Å². The molecule has 0 radical (unpaired) electrons. The molecule has 1 atom stereocenters. The van der Waals surface area contributed by atoms with Gasteiger partial charge in [-0.2, -0.15) is 0 Å². The van der Waals surface area contributed by atoms with Gasteiger partial charge in [-0.15, -0.1) is 0 Å². The first-order chi connectivity index (χ1) is 18.6. The number of anilines is 1. The number of carbonyl (C=O) groups excluding carboxylic acids is 2. The average Bonchev–Trinajstić information content (AvgIpc) is 2.91. The highest BCUT2D eigenvalue weighted by molar-refractivity contribution is 6.31. The molecule has 3 aromatic rings. The Morgan fingerprint density at radius 3 is 2.38 bits per heavy atom. The summed E-state index contributed by atoms with van der Waals surface area (Å²) in [7, 11) is 3.04. The third-order valence-corrected chi connectivity index (χ3v) is 6.13. The Labute approximate surface area is 229 Å². The molecule has 1 heterocycles. The first-order valence-electron chi connectivity index (χ1n) is 11.7. The maximum absolute atomic E-state index is 13.5. The summed E-state index contributed by atoms with van der Waals surface area (Å²) in [6, 6.07) is 10.4. The minimum atomic E-state index is -1.12. The van der Waals surface area contributed by atoms with Gasteiger partial charge in [-0.3, -0.25) is 19.0 Å². The number of halogens is 1. The Morgan fingerprint density at radius 1 is 1.13 bits per heavy atom. The van der Waals surface area contributed by atoms with Crippen LogP contribution in [0.15, 0.2) is 71.3 Å². The third kappa shape index (κ3) is 6.79. The summed E-state index contributed by atoms with van der Waals surface area (Å²) in [5.41, 5.74) is 1.33. The van der Waals surface area contributed by atoms with Crippen molar-refractivity contribution in [2.75, 3.05) is 19.5 Å². The van der Waals surface area contributed by atoms with Gasteiger partial charge in [0.1, 0.15) is 11.8 Å². The molecule has 2 aromatic carbocycles. The minimum Gasteiger partial charge on any atom is -0.495 e. The van der Waals surface area contributed by atoms with Gasteiger partial charge in [0.05, 0.1) is 18.9 Å². The summed E-state index contributed by atoms with van der Waals surface area (Å²) >= 11 is 6.18. The molecule has 3 rings (SSSR count). The number of methoxy groups -OCH3 is 1. The fourth-order valence-electron chi connectivity index (χ4n) is 4.00. The second-order valence-electron chi connectivity index (χ2n) is 8.49. The standard InChI is InChI=1S/C28H27ClN4O6/c1-16(34)21-9-6-19(29)11-22(21)23-12-26(35)33(15-25(23)39-3)24(10-17(13-30)14-31-2)27(36)32-20-7-4-18(5-8-20)28(37)38/h4-9,11-15,24,30-31H,10H2,1-3H3,(H,32,36)(H,37,38)/b17-14-,30-13?/t24-/m0/s1. The van der Waals surface area contributed by atoms with Crippen LogP contribution in [0.4, 0.5) is 5.69 Å². The smallest absolute Gasteiger partial charge is 0.335 e. The molecule has 1 aromatic heterocycles. The zero-order valence-corrected chi connectivity index (χ0v) is 22.2. The van der Waals surface area contributed by atoms with E-state index < -0.39 is 23.5 Å². The van der Waals surface area contributed by atoms with Gasteiger partial charge < -0.3 is 25.9 Å². The summed E-state index contributed by atoms with van der Waals surface area (Å²) in [4.78, 5) is 50.3. The number of ketones is 1. The van der Waals surface area contributed by atoms with Crippen LogP contribution in [-0.2, 0) is 4.79 Å². The van der Waals surface area contributed by atoms with Crippen molar-refractivity contribution in [3.8, 4) is 16.9 Å². The number of carboxylic acid groups (broad SMARTS) is 1. The molecule has 0 aliphatic rings. The SMILES string of the molecule is CN/C=C(\C=N)C[C@@H](C(=O)Nc1ccc(C(=O)O)cc1)n1cc(OC)c(-c2cc(Cl)ccc2C(C)=O)cc1=O. The molecule has 11 heteroatoms. The molecule has 10 nitrogen and oxygen atoms in total. The fourth-order valence-corrected chi connectivity index (χ4v) is 4.17. The lowest BCUT2D eigenvalue weighted by Crippen LogP contribution is -2.33. The normalized spacial score (nSPS) is 11.8. The number of hydrogen-bond donors (Lipinski definition) is 4. The Kier molecular flexibility index (Phi) is 9.40. The van der Waals surface area contributed by atoms with Crippen LogP contribution in [0.25, 0.3) is 11.1 Å². The van der Waals surface area contributed by atoms with Crippen LogP contribution in [0, 0.1) is 5.41 Å². The molecule has 0 aliphatic carbocycles. The summed E-state index contributed by atoms with van der Waals surface area (Å²) in [6.07, 6.45) is 3.96. The molecular weight excluding hydrogens is 524 g/mol. The molecule has 0 saturated heterocycles. The van der Waals surface area contributed by atoms with Gasteiger partial charge in [-0.05, 0) is 60.5 Å². The quantitative estimate of drug-likeness (QED) is 0.204. The lowest BCUT2D eigenvalue weighted by atomic mass is 9.97. The van der Waals surface area contributed by atoms with E-state index in [1.54, 1.807) is 25.2 Å². The van der Waals surface area contributed by atoms with Crippen LogP contribution in [-0.4, -0.2) is 47.7 Å². The number of ether oxygens (including phenoxy) is 1. The second-order valence-corrected chi connectivity index (χ2v) is 8.93. The number of Topliss-reactive ketones (excluding diaryl/α,β-unsaturated/α-hetero) is 1. The van der Waals surface area contributed by atoms with Crippen LogP contribution in [0.5, 0.6) is 5.75 Å². The Bertz CT molecular complexity index is 1510. The van der Waals surface area contributed by atoms with Crippen molar-refractivity contribution < 1.29 is 24.2 Å². The number of benzene rings is 2. The van der Waals surface area contributed by atoms with E-state index in [-0.39, 0.29) is 23.5 Å². The maximum atomic E-state index is 13.5. The number of carboxylic acids is 1. The van der Waals surface area contributed by atoms with Crippen molar-refractivity contribution in [1.29, 1.82) is 5.41 Å². The Morgan fingerprint density at radius 2 is 1.82 bits per heavy atom. The molecule has 39 heavy (non-hydrogen) atoms. The number of aromatic nitrogens is 1. The number of carbonyl (C=O) groups is 3. The summed E-state index contributed by atoms with van der Waals surface area (Å²) < 4.78 is 6.75. The van der Waals surface area contributed by atoms with Gasteiger partial charge in [0.15, 0.2) is 5.78 Å². The van der Waals surface area contributed by atoms with Gasteiger partial charge in [0, 0.05) is 53.8 Å². The number of hydrogen-bond acceptors (Lipinski definition) is 7. The highest BCUT2D eigenvalue weighted by Crippen LogP contribution is 2.34. The molecule has 0 spiro atoms. The van der Waals surface area contributed by atoms with Crippen molar-refractivity contribution in [3.05, 3.63) is 93.0 Å². The number of nitrogens with one attached hydrogen (secondary N) is 3. The summed E-state index contributed by atoms with van der Waals surface area (Å²) in [5.74, 6) is -1.69. The number of rotatable bonds is 11. The van der Waals surface area contributed by atoms with Crippen LogP contribution in [0.1, 0.15) is 40.1 Å². The average molecular weight is 551 g/mol. The molecule has 0 aliphatic heterocycles. The predicted molar refractivity (Wildman–Crippen MR) is 149 cm³/mol. The largest absolute Gasteiger partial charge is 0.495 e. The Balaban J connectivity index is 2.13. The monoisotopic (exact) mass is 550 g/mol. The lowest BCUT2D eigenvalue weighted by molar-refractivity contribution is -0.119. The molecule has 0 bridgehead atoms. The van der Waals surface area contributed by atoms with Crippen molar-refractivity contribution >= 4 is 41.2 Å².